The van der Waals surface area contributed by atoms with Crippen LogP contribution in [0.15, 0.2) is 18.2 Å². The average Bonchev–Trinajstić information content (AvgIpc) is 2.09. The molecule has 0 heterocycles. The van der Waals surface area contributed by atoms with E-state index < -0.39 is 0 Å². The molecule has 0 radical (unpaired) electrons. The van der Waals surface area contributed by atoms with Crippen molar-refractivity contribution < 1.29 is 4.52 Å². The van der Waals surface area contributed by atoms with Gasteiger partial charge in [0, 0.05) is 9.47 Å². The van der Waals surface area contributed by atoms with E-state index in [9.17, 15) is 0 Å². The molecule has 0 saturated carbocycles. The summed E-state index contributed by atoms with van der Waals surface area (Å²) < 4.78 is 5.02. The van der Waals surface area contributed by atoms with E-state index in [1.165, 1.54) is 16.7 Å². The molecule has 2 heteroatoms. The Kier molecular flexibility index (Phi) is 3.71. The maximum absolute atomic E-state index is 5.02. The number of rotatable bonds is 3. The average molecular weight is 182 g/mol. The first-order valence-corrected chi connectivity index (χ1v) is 4.65. The van der Waals surface area contributed by atoms with Crippen LogP contribution in [0.2, 0.25) is 0 Å². The Hall–Kier alpha value is -0.390. The summed E-state index contributed by atoms with van der Waals surface area (Å²) in [5, 5.41) is 0. The minimum atomic E-state index is 0.685. The number of benzene rings is 1. The van der Waals surface area contributed by atoms with Crippen molar-refractivity contribution in [3.8, 4) is 0 Å². The van der Waals surface area contributed by atoms with Gasteiger partial charge in [-0.3, -0.25) is 0 Å². The summed E-state index contributed by atoms with van der Waals surface area (Å²) in [7, 11) is 2.28. The minimum absolute atomic E-state index is 0.685. The summed E-state index contributed by atoms with van der Waals surface area (Å²) in [5.74, 6) is 0. The van der Waals surface area contributed by atoms with Gasteiger partial charge in [0.15, 0.2) is 0 Å². The van der Waals surface area contributed by atoms with E-state index in [0.29, 0.717) is 6.61 Å². The van der Waals surface area contributed by atoms with E-state index in [1.54, 1.807) is 0 Å². The Bertz CT molecular complexity index is 258. The summed E-state index contributed by atoms with van der Waals surface area (Å²) in [6, 6.07) is 6.53. The maximum Gasteiger partial charge on any atom is 0.0755 e. The lowest BCUT2D eigenvalue weighted by Gasteiger charge is -2.06. The molecule has 1 atom stereocenters. The van der Waals surface area contributed by atoms with Crippen LogP contribution in [0, 0.1) is 6.92 Å². The molecule has 0 N–H and O–H groups in total. The Balaban J connectivity index is 2.91. The fraction of sp³-hybridized carbons (Fsp3) is 0.400. The second-order valence-electron chi connectivity index (χ2n) is 2.93. The fourth-order valence-corrected chi connectivity index (χ4v) is 1.37. The molecule has 1 rings (SSSR count). The van der Waals surface area contributed by atoms with Crippen molar-refractivity contribution in [2.75, 3.05) is 0 Å². The van der Waals surface area contributed by atoms with Crippen molar-refractivity contribution in [1.29, 1.82) is 0 Å². The predicted octanol–water partition coefficient (Wildman–Crippen LogP) is 2.86. The molecule has 66 valence electrons. The van der Waals surface area contributed by atoms with Crippen molar-refractivity contribution in [2.45, 2.75) is 26.9 Å². The van der Waals surface area contributed by atoms with Crippen LogP contribution in [0.4, 0.5) is 0 Å². The molecule has 1 aromatic carbocycles. The van der Waals surface area contributed by atoms with E-state index >= 15 is 0 Å². The van der Waals surface area contributed by atoms with E-state index in [-0.39, 0.29) is 0 Å². The van der Waals surface area contributed by atoms with Crippen molar-refractivity contribution in [1.82, 2.24) is 0 Å². The molecule has 0 aliphatic rings. The van der Waals surface area contributed by atoms with Crippen LogP contribution in [-0.2, 0) is 17.6 Å². The zero-order valence-corrected chi connectivity index (χ0v) is 8.79. The first-order chi connectivity index (χ1) is 5.77. The molecule has 1 nitrogen and oxygen atoms in total. The summed E-state index contributed by atoms with van der Waals surface area (Å²) in [5.41, 5.74) is 3.96. The molecule has 1 unspecified atom stereocenters. The molecule has 12 heavy (non-hydrogen) atoms. The Morgan fingerprint density at radius 2 is 2.17 bits per heavy atom. The Morgan fingerprint density at radius 3 is 2.75 bits per heavy atom. The van der Waals surface area contributed by atoms with Crippen LogP contribution in [0.1, 0.15) is 23.6 Å². The lowest BCUT2D eigenvalue weighted by atomic mass is 10.0. The van der Waals surface area contributed by atoms with Gasteiger partial charge in [0.05, 0.1) is 6.61 Å². The lowest BCUT2D eigenvalue weighted by molar-refractivity contribution is 0.360. The van der Waals surface area contributed by atoms with Crippen LogP contribution in [0.5, 0.6) is 0 Å². The van der Waals surface area contributed by atoms with Crippen LogP contribution >= 0.6 is 9.47 Å². The quantitative estimate of drug-likeness (QED) is 0.653. The standard InChI is InChI=1S/C10H15OP/c1-3-9-5-4-8(2)10(6-9)7-11-12/h4-6H,3,7,12H2,1-2H3. The van der Waals surface area contributed by atoms with Gasteiger partial charge < -0.3 is 4.52 Å². The highest BCUT2D eigenvalue weighted by molar-refractivity contribution is 7.09. The molecule has 0 bridgehead atoms. The summed E-state index contributed by atoms with van der Waals surface area (Å²) >= 11 is 0. The second-order valence-corrected chi connectivity index (χ2v) is 3.26. The molecular weight excluding hydrogens is 167 g/mol. The van der Waals surface area contributed by atoms with Crippen LogP contribution < -0.4 is 0 Å². The van der Waals surface area contributed by atoms with E-state index in [4.69, 9.17) is 4.52 Å². The first-order valence-electron chi connectivity index (χ1n) is 4.18. The van der Waals surface area contributed by atoms with Crippen molar-refractivity contribution >= 4 is 9.47 Å². The van der Waals surface area contributed by atoms with Crippen LogP contribution in [0.25, 0.3) is 0 Å². The number of hydrogen-bond acceptors (Lipinski definition) is 1. The largest absolute Gasteiger partial charge is 0.361 e. The van der Waals surface area contributed by atoms with Crippen molar-refractivity contribution in [2.24, 2.45) is 0 Å². The Morgan fingerprint density at radius 1 is 1.42 bits per heavy atom. The van der Waals surface area contributed by atoms with Gasteiger partial charge in [0.2, 0.25) is 0 Å². The SMILES string of the molecule is CCc1ccc(C)c(COP)c1. The van der Waals surface area contributed by atoms with Gasteiger partial charge in [-0.1, -0.05) is 25.1 Å². The normalized spacial score (nSPS) is 10.2. The van der Waals surface area contributed by atoms with Gasteiger partial charge >= 0.3 is 0 Å². The van der Waals surface area contributed by atoms with E-state index in [1.807, 2.05) is 0 Å². The molecule has 0 fully saturated rings. The zero-order valence-electron chi connectivity index (χ0n) is 7.63. The third kappa shape index (κ3) is 2.30. The first kappa shape index (κ1) is 9.70. The summed E-state index contributed by atoms with van der Waals surface area (Å²) in [6.07, 6.45) is 1.09. The molecule has 0 aliphatic heterocycles. The van der Waals surface area contributed by atoms with Gasteiger partial charge in [0.25, 0.3) is 0 Å². The van der Waals surface area contributed by atoms with Crippen molar-refractivity contribution in [3.05, 3.63) is 34.9 Å². The zero-order chi connectivity index (χ0) is 8.97. The third-order valence-corrected chi connectivity index (χ3v) is 2.23. The van der Waals surface area contributed by atoms with Gasteiger partial charge in [-0.2, -0.15) is 0 Å². The summed E-state index contributed by atoms with van der Waals surface area (Å²) in [6.45, 7) is 4.96. The number of hydrogen-bond donors (Lipinski definition) is 0. The predicted molar refractivity (Wildman–Crippen MR) is 55.1 cm³/mol. The lowest BCUT2D eigenvalue weighted by Crippen LogP contribution is -1.91. The minimum Gasteiger partial charge on any atom is -0.361 e. The second kappa shape index (κ2) is 4.59. The number of aryl methyl sites for hydroxylation is 2. The fourth-order valence-electron chi connectivity index (χ4n) is 1.19. The maximum atomic E-state index is 5.02. The van der Waals surface area contributed by atoms with Gasteiger partial charge in [-0.05, 0) is 30.0 Å². The Labute approximate surface area is 76.4 Å². The van der Waals surface area contributed by atoms with Gasteiger partial charge in [0.1, 0.15) is 0 Å². The van der Waals surface area contributed by atoms with Gasteiger partial charge in [-0.15, -0.1) is 0 Å². The van der Waals surface area contributed by atoms with Crippen LogP contribution in [-0.4, -0.2) is 0 Å². The van der Waals surface area contributed by atoms with E-state index in [0.717, 1.165) is 6.42 Å². The van der Waals surface area contributed by atoms with Crippen molar-refractivity contribution in [3.63, 3.8) is 0 Å². The smallest absolute Gasteiger partial charge is 0.0755 e. The van der Waals surface area contributed by atoms with E-state index in [2.05, 4.69) is 41.5 Å². The highest BCUT2D eigenvalue weighted by atomic mass is 31.0. The topological polar surface area (TPSA) is 9.23 Å². The third-order valence-electron chi connectivity index (χ3n) is 2.06. The van der Waals surface area contributed by atoms with Crippen LogP contribution in [0.3, 0.4) is 0 Å². The molecule has 0 amide bonds. The molecule has 0 aliphatic carbocycles. The highest BCUT2D eigenvalue weighted by Gasteiger charge is 1.98. The monoisotopic (exact) mass is 182 g/mol. The van der Waals surface area contributed by atoms with Gasteiger partial charge in [-0.25, -0.2) is 0 Å². The molecule has 0 saturated heterocycles. The molecule has 0 aromatic heterocycles. The summed E-state index contributed by atoms with van der Waals surface area (Å²) in [4.78, 5) is 0. The molecule has 1 aromatic rings. The highest BCUT2D eigenvalue weighted by Crippen LogP contribution is 2.13. The molecule has 0 spiro atoms. The molecular formula is C10H15OP.